The van der Waals surface area contributed by atoms with Gasteiger partial charge in [-0.05, 0) is 24.6 Å². The van der Waals surface area contributed by atoms with Crippen molar-refractivity contribution >= 4 is 0 Å². The molecule has 1 atom stereocenters. The van der Waals surface area contributed by atoms with Crippen LogP contribution in [0.5, 0.6) is 5.75 Å². The quantitative estimate of drug-likeness (QED) is 0.572. The summed E-state index contributed by atoms with van der Waals surface area (Å²) in [7, 11) is 2.12. The van der Waals surface area contributed by atoms with Gasteiger partial charge in [0.15, 0.2) is 0 Å². The highest BCUT2D eigenvalue weighted by atomic mass is 19.4. The third-order valence-electron chi connectivity index (χ3n) is 3.92. The van der Waals surface area contributed by atoms with Gasteiger partial charge in [0.1, 0.15) is 5.75 Å². The topological polar surface area (TPSA) is 18.5 Å². The number of ether oxygens (including phenoxy) is 2. The van der Waals surface area contributed by atoms with Crippen molar-refractivity contribution in [2.75, 3.05) is 14.2 Å². The molecule has 0 saturated carbocycles. The third kappa shape index (κ3) is 3.72. The Kier molecular flexibility index (Phi) is 5.87. The van der Waals surface area contributed by atoms with Crippen molar-refractivity contribution < 1.29 is 49.0 Å². The van der Waals surface area contributed by atoms with Gasteiger partial charge in [0.05, 0.1) is 19.1 Å². The van der Waals surface area contributed by atoms with Crippen LogP contribution >= 0.6 is 0 Å². The zero-order valence-corrected chi connectivity index (χ0v) is 13.7. The van der Waals surface area contributed by atoms with E-state index in [-0.39, 0.29) is 11.3 Å². The largest absolute Gasteiger partial charge is 0.497 e. The predicted molar refractivity (Wildman–Crippen MR) is 72.9 cm³/mol. The zero-order chi connectivity index (χ0) is 20.6. The van der Waals surface area contributed by atoms with Crippen molar-refractivity contribution in [3.05, 3.63) is 29.8 Å². The van der Waals surface area contributed by atoms with Crippen LogP contribution in [0.2, 0.25) is 0 Å². The Labute approximate surface area is 142 Å². The van der Waals surface area contributed by atoms with Gasteiger partial charge in [-0.25, -0.2) is 0 Å². The van der Waals surface area contributed by atoms with Crippen LogP contribution in [0, 0.1) is 0 Å². The first-order valence-electron chi connectivity index (χ1n) is 6.95. The van der Waals surface area contributed by atoms with Crippen LogP contribution in [0.25, 0.3) is 0 Å². The van der Waals surface area contributed by atoms with E-state index in [1.807, 2.05) is 0 Å². The van der Waals surface area contributed by atoms with Gasteiger partial charge in [0, 0.05) is 7.11 Å². The van der Waals surface area contributed by atoms with E-state index in [1.54, 1.807) is 0 Å². The first kappa shape index (κ1) is 22.4. The monoisotopic (exact) mass is 398 g/mol. The summed E-state index contributed by atoms with van der Waals surface area (Å²) in [5.74, 6) is -19.1. The lowest BCUT2D eigenvalue weighted by Gasteiger charge is -2.38. The summed E-state index contributed by atoms with van der Waals surface area (Å²) in [6.45, 7) is 0.866. The van der Waals surface area contributed by atoms with Gasteiger partial charge >= 0.3 is 23.9 Å². The normalized spacial score (nSPS) is 16.3. The second kappa shape index (κ2) is 6.82. The van der Waals surface area contributed by atoms with Crippen LogP contribution in [0.3, 0.4) is 0 Å². The summed E-state index contributed by atoms with van der Waals surface area (Å²) in [5, 5.41) is 0. The molecule has 0 aliphatic carbocycles. The number of alkyl halides is 9. The molecule has 0 aliphatic rings. The summed E-state index contributed by atoms with van der Waals surface area (Å²) in [4.78, 5) is 0. The molecule has 0 amide bonds. The average Bonchev–Trinajstić information content (AvgIpc) is 2.53. The van der Waals surface area contributed by atoms with Gasteiger partial charge in [-0.3, -0.25) is 0 Å². The second-order valence-electron chi connectivity index (χ2n) is 5.69. The second-order valence-corrected chi connectivity index (χ2v) is 5.69. The molecule has 2 nitrogen and oxygen atoms in total. The fourth-order valence-corrected chi connectivity index (χ4v) is 2.18. The van der Waals surface area contributed by atoms with E-state index in [4.69, 9.17) is 9.47 Å². The van der Waals surface area contributed by atoms with E-state index in [0.717, 1.165) is 26.2 Å². The lowest BCUT2D eigenvalue weighted by molar-refractivity contribution is -0.400. The summed E-state index contributed by atoms with van der Waals surface area (Å²) >= 11 is 0. The molecule has 0 aromatic heterocycles. The minimum absolute atomic E-state index is 0.147. The smallest absolute Gasteiger partial charge is 0.460 e. The maximum atomic E-state index is 13.9. The Bertz CT molecular complexity index is 611. The first-order valence-corrected chi connectivity index (χ1v) is 6.95. The van der Waals surface area contributed by atoms with Crippen LogP contribution < -0.4 is 4.74 Å². The van der Waals surface area contributed by atoms with Crippen LogP contribution in [0.1, 0.15) is 18.9 Å². The average molecular weight is 398 g/mol. The van der Waals surface area contributed by atoms with E-state index >= 15 is 0 Å². The van der Waals surface area contributed by atoms with Gasteiger partial charge in [0.25, 0.3) is 0 Å². The molecule has 0 spiro atoms. The van der Waals surface area contributed by atoms with Crippen LogP contribution in [-0.2, 0) is 10.3 Å². The van der Waals surface area contributed by atoms with E-state index in [2.05, 4.69) is 0 Å². The molecular formula is C15H15F9O2. The minimum Gasteiger partial charge on any atom is -0.497 e. The van der Waals surface area contributed by atoms with E-state index < -0.39 is 36.0 Å². The van der Waals surface area contributed by atoms with Gasteiger partial charge in [-0.15, -0.1) is 0 Å². The Morgan fingerprint density at radius 3 is 1.58 bits per heavy atom. The van der Waals surface area contributed by atoms with Gasteiger partial charge in [0.2, 0.25) is 0 Å². The highest BCUT2D eigenvalue weighted by Crippen LogP contribution is 2.56. The number of hydrogen-bond acceptors (Lipinski definition) is 2. The first-order chi connectivity index (χ1) is 11.6. The molecule has 0 radical (unpaired) electrons. The highest BCUT2D eigenvalue weighted by molar-refractivity contribution is 5.31. The van der Waals surface area contributed by atoms with Crippen molar-refractivity contribution in [1.82, 2.24) is 0 Å². The Morgan fingerprint density at radius 2 is 1.23 bits per heavy atom. The Balaban J connectivity index is 3.29. The molecule has 150 valence electrons. The predicted octanol–water partition coefficient (Wildman–Crippen LogP) is 5.42. The number of methoxy groups -OCH3 is 2. The van der Waals surface area contributed by atoms with Crippen molar-refractivity contribution in [2.45, 2.75) is 42.9 Å². The SMILES string of the molecule is COc1ccc(C(C)(CC(F)(F)C(F)(F)C(F)(F)C(F)(F)F)OC)cc1. The molecule has 1 aromatic rings. The maximum absolute atomic E-state index is 13.9. The van der Waals surface area contributed by atoms with E-state index in [0.29, 0.717) is 0 Å². The number of halogens is 9. The van der Waals surface area contributed by atoms with Crippen LogP contribution in [-0.4, -0.2) is 38.2 Å². The van der Waals surface area contributed by atoms with Crippen molar-refractivity contribution in [1.29, 1.82) is 0 Å². The van der Waals surface area contributed by atoms with E-state index in [1.165, 1.54) is 19.2 Å². The summed E-state index contributed by atoms with van der Waals surface area (Å²) in [6.07, 6.45) is -8.98. The molecule has 0 aliphatic heterocycles. The van der Waals surface area contributed by atoms with Crippen molar-refractivity contribution in [3.8, 4) is 5.75 Å². The molecule has 0 saturated heterocycles. The molecule has 1 unspecified atom stereocenters. The lowest BCUT2D eigenvalue weighted by Crippen LogP contribution is -2.62. The van der Waals surface area contributed by atoms with Gasteiger partial charge in [-0.1, -0.05) is 12.1 Å². The molecular weight excluding hydrogens is 383 g/mol. The van der Waals surface area contributed by atoms with Crippen LogP contribution in [0.15, 0.2) is 24.3 Å². The number of benzene rings is 1. The maximum Gasteiger partial charge on any atom is 0.460 e. The molecule has 1 rings (SSSR count). The molecule has 1 aromatic carbocycles. The van der Waals surface area contributed by atoms with Gasteiger partial charge in [-0.2, -0.15) is 39.5 Å². The molecule has 0 fully saturated rings. The molecule has 0 N–H and O–H groups in total. The Hall–Kier alpha value is -1.65. The zero-order valence-electron chi connectivity index (χ0n) is 13.7. The fourth-order valence-electron chi connectivity index (χ4n) is 2.18. The Morgan fingerprint density at radius 1 is 0.769 bits per heavy atom. The standard InChI is InChI=1S/C15H15F9O2/c1-11(26-3,9-4-6-10(25-2)7-5-9)8-12(16,17)13(18,19)14(20,21)15(22,23)24/h4-7H,8H2,1-3H3. The molecule has 0 bridgehead atoms. The van der Waals surface area contributed by atoms with E-state index in [9.17, 15) is 39.5 Å². The third-order valence-corrected chi connectivity index (χ3v) is 3.92. The molecule has 26 heavy (non-hydrogen) atoms. The van der Waals surface area contributed by atoms with Crippen molar-refractivity contribution in [2.24, 2.45) is 0 Å². The molecule has 11 heteroatoms. The lowest BCUT2D eigenvalue weighted by atomic mass is 9.86. The van der Waals surface area contributed by atoms with Gasteiger partial charge < -0.3 is 9.47 Å². The number of rotatable bonds is 7. The fraction of sp³-hybridized carbons (Fsp3) is 0.600. The van der Waals surface area contributed by atoms with Crippen LogP contribution in [0.4, 0.5) is 39.5 Å². The van der Waals surface area contributed by atoms with Crippen molar-refractivity contribution in [3.63, 3.8) is 0 Å². The summed E-state index contributed by atoms with van der Waals surface area (Å²) < 4.78 is 127. The minimum atomic E-state index is -6.93. The summed E-state index contributed by atoms with van der Waals surface area (Å²) in [5.41, 5.74) is -2.42. The summed E-state index contributed by atoms with van der Waals surface area (Å²) in [6, 6.07) is 4.79. The highest BCUT2D eigenvalue weighted by Gasteiger charge is 2.82. The molecule has 0 heterocycles. The number of hydrogen-bond donors (Lipinski definition) is 0.